The molecular formula is C47H40F3N3. The molecule has 0 radical (unpaired) electrons. The summed E-state index contributed by atoms with van der Waals surface area (Å²) in [7, 11) is 0. The first kappa shape index (κ1) is 34.3. The van der Waals surface area contributed by atoms with E-state index in [0.29, 0.717) is 16.7 Å². The number of hydrogen-bond donors (Lipinski definition) is 0. The molecule has 2 aromatic heterocycles. The van der Waals surface area contributed by atoms with Crippen LogP contribution in [0.1, 0.15) is 69.4 Å². The molecule has 0 unspecified atom stereocenters. The van der Waals surface area contributed by atoms with Gasteiger partial charge >= 0.3 is 6.18 Å². The second-order valence-corrected chi connectivity index (χ2v) is 16.3. The van der Waals surface area contributed by atoms with Crippen LogP contribution in [0.2, 0.25) is 0 Å². The zero-order chi connectivity index (χ0) is 37.6. The van der Waals surface area contributed by atoms with Gasteiger partial charge in [-0.25, -0.2) is 0 Å². The Morgan fingerprint density at radius 1 is 0.509 bits per heavy atom. The summed E-state index contributed by atoms with van der Waals surface area (Å²) in [6.07, 6.45) is -4.54. The van der Waals surface area contributed by atoms with Gasteiger partial charge in [-0.3, -0.25) is 0 Å². The number of aryl methyl sites for hydroxylation is 1. The van der Waals surface area contributed by atoms with E-state index in [9.17, 15) is 18.4 Å². The number of nitrogens with zero attached hydrogens (tertiary/aromatic N) is 3. The third-order valence-electron chi connectivity index (χ3n) is 10.5. The molecule has 0 atom stereocenters. The van der Waals surface area contributed by atoms with Gasteiger partial charge in [0.25, 0.3) is 0 Å². The topological polar surface area (TPSA) is 33.6 Å². The Hall–Kier alpha value is -5.80. The minimum Gasteiger partial charge on any atom is -0.307 e. The minimum absolute atomic E-state index is 0.0733. The van der Waals surface area contributed by atoms with Crippen LogP contribution in [0.3, 0.4) is 0 Å². The molecule has 264 valence electrons. The molecule has 0 N–H and O–H groups in total. The van der Waals surface area contributed by atoms with Gasteiger partial charge in [-0.05, 0) is 101 Å². The van der Waals surface area contributed by atoms with Crippen LogP contribution in [0.5, 0.6) is 0 Å². The van der Waals surface area contributed by atoms with Gasteiger partial charge < -0.3 is 9.13 Å². The van der Waals surface area contributed by atoms with Gasteiger partial charge in [0, 0.05) is 27.1 Å². The fourth-order valence-corrected chi connectivity index (χ4v) is 7.77. The first-order valence-electron chi connectivity index (χ1n) is 17.9. The lowest BCUT2D eigenvalue weighted by Gasteiger charge is -2.21. The molecule has 0 aliphatic carbocycles. The van der Waals surface area contributed by atoms with Crippen molar-refractivity contribution in [3.63, 3.8) is 0 Å². The smallest absolute Gasteiger partial charge is 0.307 e. The molecule has 2 heterocycles. The molecule has 6 aromatic carbocycles. The maximum atomic E-state index is 14.2. The fourth-order valence-electron chi connectivity index (χ4n) is 7.77. The predicted molar refractivity (Wildman–Crippen MR) is 212 cm³/mol. The molecule has 0 bridgehead atoms. The second kappa shape index (κ2) is 11.9. The highest BCUT2D eigenvalue weighted by molar-refractivity contribution is 6.12. The van der Waals surface area contributed by atoms with Crippen molar-refractivity contribution in [1.29, 1.82) is 5.26 Å². The first-order chi connectivity index (χ1) is 25.0. The van der Waals surface area contributed by atoms with Crippen molar-refractivity contribution < 1.29 is 13.2 Å². The molecular weight excluding hydrogens is 664 g/mol. The lowest BCUT2D eigenvalue weighted by molar-refractivity contribution is -0.137. The third-order valence-corrected chi connectivity index (χ3v) is 10.5. The summed E-state index contributed by atoms with van der Waals surface area (Å²) in [4.78, 5) is 0. The number of hydrogen-bond acceptors (Lipinski definition) is 1. The van der Waals surface area contributed by atoms with Gasteiger partial charge in [0.2, 0.25) is 0 Å². The Kier molecular flexibility index (Phi) is 7.68. The average Bonchev–Trinajstić information content (AvgIpc) is 3.62. The fraction of sp³-hybridized carbons (Fsp3) is 0.213. The molecule has 0 aliphatic heterocycles. The Morgan fingerprint density at radius 2 is 0.981 bits per heavy atom. The standard InChI is InChI=1S/C47H40F3N3/c1-28-20-29(22-33(21-28)47(48,49)50)36-26-44(53-40-15-11-9-13-35(40)38-25-32(46(5,6)7)17-19-42(38)53)43(23-30(36)27-51)52-39-14-10-8-12-34(39)37-24-31(45(2,3)4)16-18-41(37)52/h8-26H,1-7H3. The number of nitriles is 1. The maximum absolute atomic E-state index is 14.2. The number of alkyl halides is 3. The SMILES string of the molecule is Cc1cc(-c2cc(-n3c4ccccc4c4cc(C(C)(C)C)ccc43)c(-n3c4ccccc4c4cc(C(C)(C)C)ccc43)cc2C#N)cc(C(F)(F)F)c1. The van der Waals surface area contributed by atoms with Gasteiger partial charge in [-0.1, -0.05) is 96.1 Å². The van der Waals surface area contributed by atoms with Crippen LogP contribution in [0.15, 0.2) is 115 Å². The van der Waals surface area contributed by atoms with E-state index in [1.54, 1.807) is 13.0 Å². The van der Waals surface area contributed by atoms with Crippen LogP contribution >= 0.6 is 0 Å². The number of aromatic nitrogens is 2. The molecule has 0 aliphatic rings. The Bertz CT molecular complexity index is 2810. The van der Waals surface area contributed by atoms with E-state index in [2.05, 4.69) is 117 Å². The lowest BCUT2D eigenvalue weighted by Crippen LogP contribution is -2.11. The van der Waals surface area contributed by atoms with Crippen LogP contribution in [0.4, 0.5) is 13.2 Å². The lowest BCUT2D eigenvalue weighted by atomic mass is 9.86. The molecule has 3 nitrogen and oxygen atoms in total. The summed E-state index contributed by atoms with van der Waals surface area (Å²) in [6, 6.07) is 39.8. The average molecular weight is 704 g/mol. The summed E-state index contributed by atoms with van der Waals surface area (Å²) in [5.74, 6) is 0. The van der Waals surface area contributed by atoms with Crippen LogP contribution in [0, 0.1) is 18.3 Å². The minimum atomic E-state index is -4.54. The van der Waals surface area contributed by atoms with Gasteiger partial charge in [-0.2, -0.15) is 18.4 Å². The quantitative estimate of drug-likeness (QED) is 0.180. The highest BCUT2D eigenvalue weighted by atomic mass is 19.4. The number of benzene rings is 6. The van der Waals surface area contributed by atoms with Gasteiger partial charge in [0.05, 0.1) is 50.6 Å². The van der Waals surface area contributed by atoms with Crippen molar-refractivity contribution >= 4 is 43.6 Å². The highest BCUT2D eigenvalue weighted by Gasteiger charge is 2.32. The first-order valence-corrected chi connectivity index (χ1v) is 17.9. The van der Waals surface area contributed by atoms with E-state index in [1.807, 2.05) is 36.4 Å². The van der Waals surface area contributed by atoms with E-state index in [1.165, 1.54) is 11.1 Å². The van der Waals surface area contributed by atoms with E-state index in [4.69, 9.17) is 0 Å². The van der Waals surface area contributed by atoms with E-state index in [0.717, 1.165) is 67.1 Å². The van der Waals surface area contributed by atoms with Crippen LogP contribution in [-0.2, 0) is 17.0 Å². The van der Waals surface area contributed by atoms with Crippen molar-refractivity contribution in [2.24, 2.45) is 0 Å². The molecule has 0 saturated heterocycles. The Balaban J connectivity index is 1.55. The summed E-state index contributed by atoms with van der Waals surface area (Å²) in [6.45, 7) is 14.8. The van der Waals surface area contributed by atoms with Crippen molar-refractivity contribution in [3.05, 3.63) is 143 Å². The summed E-state index contributed by atoms with van der Waals surface area (Å²) < 4.78 is 47.0. The Morgan fingerprint density at radius 3 is 1.45 bits per heavy atom. The molecule has 6 heteroatoms. The Labute approximate surface area is 307 Å². The zero-order valence-corrected chi connectivity index (χ0v) is 30.9. The highest BCUT2D eigenvalue weighted by Crippen LogP contribution is 2.43. The second-order valence-electron chi connectivity index (χ2n) is 16.3. The van der Waals surface area contributed by atoms with Gasteiger partial charge in [0.1, 0.15) is 0 Å². The number of rotatable bonds is 3. The monoisotopic (exact) mass is 703 g/mol. The molecule has 0 saturated carbocycles. The number of para-hydroxylation sites is 2. The molecule has 8 aromatic rings. The van der Waals surface area contributed by atoms with Crippen molar-refractivity contribution in [2.75, 3.05) is 0 Å². The third kappa shape index (κ3) is 5.67. The van der Waals surface area contributed by atoms with Gasteiger partial charge in [0.15, 0.2) is 0 Å². The molecule has 0 spiro atoms. The summed E-state index contributed by atoms with van der Waals surface area (Å²) in [5.41, 5.74) is 8.42. The summed E-state index contributed by atoms with van der Waals surface area (Å²) in [5, 5.41) is 15.1. The van der Waals surface area contributed by atoms with Crippen LogP contribution in [0.25, 0.3) is 66.1 Å². The van der Waals surface area contributed by atoms with E-state index >= 15 is 0 Å². The van der Waals surface area contributed by atoms with Crippen molar-refractivity contribution in [1.82, 2.24) is 9.13 Å². The maximum Gasteiger partial charge on any atom is 0.416 e. The number of fused-ring (bicyclic) bond motifs is 6. The zero-order valence-electron chi connectivity index (χ0n) is 30.9. The van der Waals surface area contributed by atoms with Crippen molar-refractivity contribution in [2.45, 2.75) is 65.5 Å². The largest absolute Gasteiger partial charge is 0.416 e. The van der Waals surface area contributed by atoms with Crippen LogP contribution < -0.4 is 0 Å². The van der Waals surface area contributed by atoms with Crippen molar-refractivity contribution in [3.8, 4) is 28.6 Å². The normalized spacial score (nSPS) is 12.7. The number of halogens is 3. The van der Waals surface area contributed by atoms with Gasteiger partial charge in [-0.15, -0.1) is 0 Å². The van der Waals surface area contributed by atoms with E-state index in [-0.39, 0.29) is 16.4 Å². The van der Waals surface area contributed by atoms with E-state index < -0.39 is 11.7 Å². The molecule has 0 fully saturated rings. The molecule has 0 amide bonds. The molecule has 8 rings (SSSR count). The summed E-state index contributed by atoms with van der Waals surface area (Å²) >= 11 is 0. The molecule has 53 heavy (non-hydrogen) atoms. The van der Waals surface area contributed by atoms with Crippen LogP contribution in [-0.4, -0.2) is 9.13 Å². The predicted octanol–water partition coefficient (Wildman–Crippen LogP) is 13.3.